The van der Waals surface area contributed by atoms with Crippen LogP contribution in [0.5, 0.6) is 0 Å². The highest BCUT2D eigenvalue weighted by atomic mass is 32.1. The average Bonchev–Trinajstić information content (AvgIpc) is 2.86. The molecule has 0 bridgehead atoms. The maximum absolute atomic E-state index is 11.5. The lowest BCUT2D eigenvalue weighted by Gasteiger charge is -2.11. The molecule has 0 aliphatic heterocycles. The number of methoxy groups -OCH3 is 1. The lowest BCUT2D eigenvalue weighted by atomic mass is 10.2. The van der Waals surface area contributed by atoms with Crippen molar-refractivity contribution >= 4 is 28.3 Å². The van der Waals surface area contributed by atoms with Crippen LogP contribution in [0.3, 0.4) is 0 Å². The number of thiazole rings is 1. The van der Waals surface area contributed by atoms with Crippen molar-refractivity contribution in [2.75, 3.05) is 19.0 Å². The Kier molecular flexibility index (Phi) is 6.27. The molecule has 1 aromatic heterocycles. The molecule has 0 spiro atoms. The van der Waals surface area contributed by atoms with Gasteiger partial charge in [-0.2, -0.15) is 0 Å². The van der Waals surface area contributed by atoms with Crippen molar-refractivity contribution in [2.24, 2.45) is 0 Å². The van der Waals surface area contributed by atoms with E-state index in [9.17, 15) is 9.59 Å². The van der Waals surface area contributed by atoms with Gasteiger partial charge in [-0.15, -0.1) is 0 Å². The molecule has 0 saturated carbocycles. The molecule has 0 aliphatic rings. The van der Waals surface area contributed by atoms with Crippen LogP contribution < -0.4 is 10.6 Å². The number of nitrogens with one attached hydrogen (secondary N) is 2. The summed E-state index contributed by atoms with van der Waals surface area (Å²) < 4.78 is 4.59. The molecule has 1 heterocycles. The zero-order chi connectivity index (χ0) is 14.3. The van der Waals surface area contributed by atoms with Crippen molar-refractivity contribution in [3.8, 4) is 0 Å². The predicted molar refractivity (Wildman–Crippen MR) is 74.5 cm³/mol. The second-order valence-corrected chi connectivity index (χ2v) is 5.11. The van der Waals surface area contributed by atoms with Gasteiger partial charge in [0.25, 0.3) is 0 Å². The lowest BCUT2D eigenvalue weighted by Crippen LogP contribution is -2.32. The molecule has 1 atom stereocenters. The Morgan fingerprint density at radius 1 is 1.53 bits per heavy atom. The number of ether oxygens (including phenoxy) is 1. The van der Waals surface area contributed by atoms with Gasteiger partial charge in [-0.05, 0) is 13.3 Å². The molecule has 1 amide bonds. The molecule has 0 aliphatic carbocycles. The van der Waals surface area contributed by atoms with E-state index in [0.717, 1.165) is 6.42 Å². The van der Waals surface area contributed by atoms with Gasteiger partial charge in [-0.3, -0.25) is 4.79 Å². The van der Waals surface area contributed by atoms with E-state index < -0.39 is 5.97 Å². The standard InChI is InChI=1S/C12H19N3O3S/c1-4-8(2)15-10(16)5-6-13-12-14-7-9(19-12)11(17)18-3/h7-8H,4-6H2,1-3H3,(H,13,14)(H,15,16). The fraction of sp³-hybridized carbons (Fsp3) is 0.583. The third-order valence-corrected chi connectivity index (χ3v) is 3.48. The molecule has 2 N–H and O–H groups in total. The number of carbonyl (C=O) groups is 2. The molecule has 7 heteroatoms. The molecule has 6 nitrogen and oxygen atoms in total. The van der Waals surface area contributed by atoms with Gasteiger partial charge in [0.15, 0.2) is 5.13 Å². The first-order valence-electron chi connectivity index (χ1n) is 6.14. The minimum absolute atomic E-state index is 0.00611. The van der Waals surface area contributed by atoms with Crippen LogP contribution in [0, 0.1) is 0 Å². The molecule has 0 saturated heterocycles. The van der Waals surface area contributed by atoms with Crippen molar-refractivity contribution in [3.63, 3.8) is 0 Å². The minimum Gasteiger partial charge on any atom is -0.465 e. The van der Waals surface area contributed by atoms with Crippen molar-refractivity contribution in [1.29, 1.82) is 0 Å². The Balaban J connectivity index is 2.31. The van der Waals surface area contributed by atoms with Crippen LogP contribution in [0.15, 0.2) is 6.20 Å². The van der Waals surface area contributed by atoms with Gasteiger partial charge in [0.2, 0.25) is 5.91 Å². The Bertz CT molecular complexity index is 434. The van der Waals surface area contributed by atoms with E-state index in [0.29, 0.717) is 23.0 Å². The van der Waals surface area contributed by atoms with Crippen LogP contribution in [0.25, 0.3) is 0 Å². The molecular weight excluding hydrogens is 266 g/mol. The Morgan fingerprint density at radius 2 is 2.26 bits per heavy atom. The first-order chi connectivity index (χ1) is 9.06. The monoisotopic (exact) mass is 285 g/mol. The zero-order valence-electron chi connectivity index (χ0n) is 11.4. The van der Waals surface area contributed by atoms with Gasteiger partial charge in [-0.1, -0.05) is 18.3 Å². The van der Waals surface area contributed by atoms with Gasteiger partial charge in [0.1, 0.15) is 4.88 Å². The summed E-state index contributed by atoms with van der Waals surface area (Å²) in [5.74, 6) is -0.397. The summed E-state index contributed by atoms with van der Waals surface area (Å²) in [5, 5.41) is 6.49. The topological polar surface area (TPSA) is 80.3 Å². The highest BCUT2D eigenvalue weighted by molar-refractivity contribution is 7.17. The number of carbonyl (C=O) groups excluding carboxylic acids is 2. The molecule has 0 aromatic carbocycles. The van der Waals surface area contributed by atoms with E-state index in [1.54, 1.807) is 0 Å². The Hall–Kier alpha value is -1.63. The second kappa shape index (κ2) is 7.73. The Labute approximate surface area is 116 Å². The summed E-state index contributed by atoms with van der Waals surface area (Å²) in [6, 6.07) is 0.193. The molecule has 1 rings (SSSR count). The van der Waals surface area contributed by atoms with Crippen LogP contribution in [0.2, 0.25) is 0 Å². The largest absolute Gasteiger partial charge is 0.465 e. The smallest absolute Gasteiger partial charge is 0.349 e. The van der Waals surface area contributed by atoms with E-state index in [1.165, 1.54) is 24.6 Å². The van der Waals surface area contributed by atoms with E-state index >= 15 is 0 Å². The van der Waals surface area contributed by atoms with Crippen molar-refractivity contribution in [3.05, 3.63) is 11.1 Å². The number of hydrogen-bond acceptors (Lipinski definition) is 6. The number of nitrogens with zero attached hydrogens (tertiary/aromatic N) is 1. The van der Waals surface area contributed by atoms with Crippen LogP contribution >= 0.6 is 11.3 Å². The zero-order valence-corrected chi connectivity index (χ0v) is 12.2. The van der Waals surface area contributed by atoms with Crippen LogP contribution in [-0.2, 0) is 9.53 Å². The summed E-state index contributed by atoms with van der Waals surface area (Å²) in [4.78, 5) is 27.2. The van der Waals surface area contributed by atoms with Crippen LogP contribution in [-0.4, -0.2) is 36.6 Å². The van der Waals surface area contributed by atoms with Crippen LogP contribution in [0.4, 0.5) is 5.13 Å². The maximum Gasteiger partial charge on any atom is 0.349 e. The number of hydrogen-bond donors (Lipinski definition) is 2. The van der Waals surface area contributed by atoms with Gasteiger partial charge in [0.05, 0.1) is 13.3 Å². The predicted octanol–water partition coefficient (Wildman–Crippen LogP) is 1.65. The number of aromatic nitrogens is 1. The highest BCUT2D eigenvalue weighted by Crippen LogP contribution is 2.18. The second-order valence-electron chi connectivity index (χ2n) is 4.07. The molecule has 19 heavy (non-hydrogen) atoms. The Morgan fingerprint density at radius 3 is 2.89 bits per heavy atom. The van der Waals surface area contributed by atoms with E-state index in [2.05, 4.69) is 20.4 Å². The molecule has 1 aromatic rings. The summed E-state index contributed by atoms with van der Waals surface area (Å²) in [7, 11) is 1.33. The lowest BCUT2D eigenvalue weighted by molar-refractivity contribution is -0.121. The SMILES string of the molecule is CCC(C)NC(=O)CCNc1ncc(C(=O)OC)s1. The molecule has 1 unspecified atom stereocenters. The van der Waals surface area contributed by atoms with Gasteiger partial charge >= 0.3 is 5.97 Å². The van der Waals surface area contributed by atoms with E-state index in [1.807, 2.05) is 13.8 Å². The molecule has 0 radical (unpaired) electrons. The number of esters is 1. The van der Waals surface area contributed by atoms with Gasteiger partial charge in [0, 0.05) is 19.0 Å². The highest BCUT2D eigenvalue weighted by Gasteiger charge is 2.10. The summed E-state index contributed by atoms with van der Waals surface area (Å²) in [5.41, 5.74) is 0. The van der Waals surface area contributed by atoms with Gasteiger partial charge < -0.3 is 15.4 Å². The first-order valence-corrected chi connectivity index (χ1v) is 6.95. The molecular formula is C12H19N3O3S. The number of amides is 1. The maximum atomic E-state index is 11.5. The fourth-order valence-electron chi connectivity index (χ4n) is 1.28. The fourth-order valence-corrected chi connectivity index (χ4v) is 2.04. The molecule has 106 valence electrons. The summed E-state index contributed by atoms with van der Waals surface area (Å²) in [6.07, 6.45) is 2.74. The first kappa shape index (κ1) is 15.4. The average molecular weight is 285 g/mol. The third kappa shape index (κ3) is 5.25. The summed E-state index contributed by atoms with van der Waals surface area (Å²) >= 11 is 1.21. The van der Waals surface area contributed by atoms with Gasteiger partial charge in [-0.25, -0.2) is 9.78 Å². The van der Waals surface area contributed by atoms with E-state index in [4.69, 9.17) is 0 Å². The van der Waals surface area contributed by atoms with Crippen LogP contribution in [0.1, 0.15) is 36.4 Å². The molecule has 0 fully saturated rings. The van der Waals surface area contributed by atoms with Crippen molar-refractivity contribution in [2.45, 2.75) is 32.7 Å². The van der Waals surface area contributed by atoms with Crippen molar-refractivity contribution < 1.29 is 14.3 Å². The quantitative estimate of drug-likeness (QED) is 0.745. The number of anilines is 1. The number of rotatable bonds is 7. The summed E-state index contributed by atoms with van der Waals surface area (Å²) in [6.45, 7) is 4.47. The minimum atomic E-state index is -0.403. The normalized spacial score (nSPS) is 11.7. The third-order valence-electron chi connectivity index (χ3n) is 2.54. The van der Waals surface area contributed by atoms with Crippen molar-refractivity contribution in [1.82, 2.24) is 10.3 Å². The van der Waals surface area contributed by atoms with E-state index in [-0.39, 0.29) is 11.9 Å².